The largest absolute Gasteiger partial charge is 0.392 e. The van der Waals surface area contributed by atoms with Crippen LogP contribution in [0.3, 0.4) is 0 Å². The Morgan fingerprint density at radius 2 is 1.97 bits per heavy atom. The highest BCUT2D eigenvalue weighted by atomic mass is 16.5. The molecule has 1 heterocycles. The van der Waals surface area contributed by atoms with Crippen molar-refractivity contribution in [3.63, 3.8) is 0 Å². The summed E-state index contributed by atoms with van der Waals surface area (Å²) < 4.78 is 5.01. The molecule has 172 valence electrons. The summed E-state index contributed by atoms with van der Waals surface area (Å²) in [6, 6.07) is 3.42. The molecule has 3 rings (SSSR count). The van der Waals surface area contributed by atoms with Crippen LogP contribution in [0, 0.1) is 29.1 Å². The van der Waals surface area contributed by atoms with Gasteiger partial charge in [0.25, 0.3) is 5.91 Å². The third kappa shape index (κ3) is 5.09. The summed E-state index contributed by atoms with van der Waals surface area (Å²) in [6.45, 7) is 7.26. The fourth-order valence-electron chi connectivity index (χ4n) is 5.88. The van der Waals surface area contributed by atoms with Gasteiger partial charge in [0.1, 0.15) is 0 Å². The van der Waals surface area contributed by atoms with E-state index in [1.54, 1.807) is 31.6 Å². The van der Waals surface area contributed by atoms with Crippen LogP contribution in [0.5, 0.6) is 0 Å². The number of nitrogens with zero attached hydrogens (tertiary/aromatic N) is 1. The molecule has 0 aromatic carbocycles. The maximum atomic E-state index is 12.7. The molecule has 7 atom stereocenters. The van der Waals surface area contributed by atoms with Gasteiger partial charge in [-0.05, 0) is 61.0 Å². The van der Waals surface area contributed by atoms with Gasteiger partial charge in [-0.25, -0.2) is 0 Å². The van der Waals surface area contributed by atoms with E-state index in [0.29, 0.717) is 18.7 Å². The highest BCUT2D eigenvalue weighted by Crippen LogP contribution is 2.55. The molecule has 2 amide bonds. The summed E-state index contributed by atoms with van der Waals surface area (Å²) >= 11 is 0. The van der Waals surface area contributed by atoms with E-state index in [9.17, 15) is 14.7 Å². The van der Waals surface area contributed by atoms with Crippen molar-refractivity contribution in [3.8, 4) is 0 Å². The maximum Gasteiger partial charge on any atom is 0.251 e. The van der Waals surface area contributed by atoms with Crippen molar-refractivity contribution in [2.75, 3.05) is 20.3 Å². The fraction of sp³-hybridized carbons (Fsp3) is 0.708. The van der Waals surface area contributed by atoms with Crippen LogP contribution >= 0.6 is 0 Å². The van der Waals surface area contributed by atoms with Gasteiger partial charge in [0.2, 0.25) is 5.91 Å². The molecular weight excluding hydrogens is 394 g/mol. The lowest BCUT2D eigenvalue weighted by molar-refractivity contribution is -0.142. The molecule has 0 bridgehead atoms. The zero-order chi connectivity index (χ0) is 22.6. The first-order valence-corrected chi connectivity index (χ1v) is 11.4. The van der Waals surface area contributed by atoms with E-state index in [4.69, 9.17) is 4.74 Å². The third-order valence-corrected chi connectivity index (χ3v) is 7.81. The molecule has 0 radical (unpaired) electrons. The molecule has 0 aliphatic heterocycles. The van der Waals surface area contributed by atoms with Gasteiger partial charge >= 0.3 is 0 Å². The molecule has 2 aliphatic rings. The monoisotopic (exact) mass is 431 g/mol. The van der Waals surface area contributed by atoms with Crippen molar-refractivity contribution in [3.05, 3.63) is 30.1 Å². The number of carbonyl (C=O) groups excluding carboxylic acids is 2. The van der Waals surface area contributed by atoms with Crippen molar-refractivity contribution in [1.29, 1.82) is 0 Å². The molecule has 2 saturated carbocycles. The number of nitrogens with one attached hydrogen (secondary N) is 2. The van der Waals surface area contributed by atoms with Crippen molar-refractivity contribution < 1.29 is 19.4 Å². The van der Waals surface area contributed by atoms with Gasteiger partial charge in [-0.15, -0.1) is 0 Å². The number of aliphatic hydroxyl groups excluding tert-OH is 1. The molecule has 7 heteroatoms. The molecule has 2 fully saturated rings. The lowest BCUT2D eigenvalue weighted by atomic mass is 9.51. The number of pyridine rings is 1. The average molecular weight is 432 g/mol. The van der Waals surface area contributed by atoms with Gasteiger partial charge in [-0.1, -0.05) is 20.8 Å². The zero-order valence-electron chi connectivity index (χ0n) is 19.1. The fourth-order valence-corrected chi connectivity index (χ4v) is 5.88. The van der Waals surface area contributed by atoms with Crippen molar-refractivity contribution in [2.24, 2.45) is 29.1 Å². The van der Waals surface area contributed by atoms with E-state index in [-0.39, 0.29) is 46.9 Å². The van der Waals surface area contributed by atoms with Crippen LogP contribution in [0.1, 0.15) is 56.8 Å². The third-order valence-electron chi connectivity index (χ3n) is 7.81. The van der Waals surface area contributed by atoms with Crippen LogP contribution in [-0.2, 0) is 9.53 Å². The number of fused-ring (bicyclic) bond motifs is 1. The second-order valence-corrected chi connectivity index (χ2v) is 9.66. The van der Waals surface area contributed by atoms with E-state index in [0.717, 1.165) is 25.7 Å². The summed E-state index contributed by atoms with van der Waals surface area (Å²) in [4.78, 5) is 29.3. The van der Waals surface area contributed by atoms with E-state index < -0.39 is 6.10 Å². The van der Waals surface area contributed by atoms with Crippen LogP contribution < -0.4 is 10.6 Å². The predicted octanol–water partition coefficient (Wildman–Crippen LogP) is 2.40. The summed E-state index contributed by atoms with van der Waals surface area (Å²) in [5.74, 6) is -0.331. The van der Waals surface area contributed by atoms with E-state index in [1.165, 1.54) is 0 Å². The van der Waals surface area contributed by atoms with Gasteiger partial charge in [0.15, 0.2) is 0 Å². The minimum absolute atomic E-state index is 0.00187. The number of ether oxygens (including phenoxy) is 1. The zero-order valence-corrected chi connectivity index (χ0v) is 19.1. The van der Waals surface area contributed by atoms with E-state index in [1.807, 2.05) is 6.92 Å². The highest BCUT2D eigenvalue weighted by Gasteiger charge is 2.53. The normalized spacial score (nSPS) is 33.8. The van der Waals surface area contributed by atoms with Gasteiger partial charge in [0.05, 0.1) is 12.7 Å². The number of hydrogen-bond donors (Lipinski definition) is 3. The SMILES string of the molecule is COCCNC(=O)[C@@H](C)[C@@H]1CC[C@@]2(C)CC[C@H](NC(=O)c3ccncc3)[C@@H](C)[C@@H]2[C@H]1O. The van der Waals surface area contributed by atoms with Gasteiger partial charge < -0.3 is 20.5 Å². The smallest absolute Gasteiger partial charge is 0.251 e. The summed E-state index contributed by atoms with van der Waals surface area (Å²) in [7, 11) is 1.61. The second-order valence-electron chi connectivity index (χ2n) is 9.66. The van der Waals surface area contributed by atoms with Crippen LogP contribution in [0.25, 0.3) is 0 Å². The minimum Gasteiger partial charge on any atom is -0.392 e. The van der Waals surface area contributed by atoms with Crippen molar-refractivity contribution >= 4 is 11.8 Å². The number of rotatable bonds is 7. The Hall–Kier alpha value is -1.99. The van der Waals surface area contributed by atoms with Crippen LogP contribution in [-0.4, -0.2) is 54.3 Å². The lowest BCUT2D eigenvalue weighted by Crippen LogP contribution is -2.58. The Bertz CT molecular complexity index is 758. The van der Waals surface area contributed by atoms with Gasteiger partial charge in [-0.3, -0.25) is 14.6 Å². The summed E-state index contributed by atoms with van der Waals surface area (Å²) in [6.07, 6.45) is 6.35. The number of aromatic nitrogens is 1. The molecule has 31 heavy (non-hydrogen) atoms. The molecule has 3 N–H and O–H groups in total. The van der Waals surface area contributed by atoms with Crippen LogP contribution in [0.4, 0.5) is 0 Å². The highest BCUT2D eigenvalue weighted by molar-refractivity contribution is 5.94. The molecule has 7 nitrogen and oxygen atoms in total. The first kappa shape index (κ1) is 23.7. The van der Waals surface area contributed by atoms with Crippen LogP contribution in [0.15, 0.2) is 24.5 Å². The second kappa shape index (κ2) is 10.1. The Balaban J connectivity index is 1.70. The number of amides is 2. The minimum atomic E-state index is -0.572. The van der Waals surface area contributed by atoms with E-state index >= 15 is 0 Å². The maximum absolute atomic E-state index is 12.7. The van der Waals surface area contributed by atoms with Gasteiger partial charge in [0, 0.05) is 43.6 Å². The van der Waals surface area contributed by atoms with Gasteiger partial charge in [-0.2, -0.15) is 0 Å². The Labute approximate surface area is 185 Å². The Morgan fingerprint density at radius 3 is 2.65 bits per heavy atom. The first-order chi connectivity index (χ1) is 14.8. The summed E-state index contributed by atoms with van der Waals surface area (Å²) in [5, 5.41) is 17.5. The quantitative estimate of drug-likeness (QED) is 0.576. The van der Waals surface area contributed by atoms with E-state index in [2.05, 4.69) is 29.5 Å². The van der Waals surface area contributed by atoms with Crippen molar-refractivity contribution in [1.82, 2.24) is 15.6 Å². The molecule has 1 aromatic heterocycles. The van der Waals surface area contributed by atoms with Crippen LogP contribution in [0.2, 0.25) is 0 Å². The molecule has 2 aliphatic carbocycles. The Kier molecular flexibility index (Phi) is 7.70. The number of carbonyl (C=O) groups is 2. The molecule has 0 saturated heterocycles. The Morgan fingerprint density at radius 1 is 1.29 bits per heavy atom. The number of hydrogen-bond acceptors (Lipinski definition) is 5. The lowest BCUT2D eigenvalue weighted by Gasteiger charge is -2.56. The molecule has 0 spiro atoms. The summed E-state index contributed by atoms with van der Waals surface area (Å²) in [5.41, 5.74) is 0.624. The average Bonchev–Trinajstić information content (AvgIpc) is 2.76. The first-order valence-electron chi connectivity index (χ1n) is 11.4. The molecular formula is C24H37N3O4. The molecule has 0 unspecified atom stereocenters. The number of aliphatic hydroxyl groups is 1. The molecule has 1 aromatic rings. The topological polar surface area (TPSA) is 101 Å². The number of methoxy groups -OCH3 is 1. The standard InChI is InChI=1S/C24H37N3O4/c1-15(22(29)26-13-14-31-4)18-5-9-24(3)10-6-19(16(2)20(24)21(18)28)27-23(30)17-7-11-25-12-8-17/h7-8,11-12,15-16,18-21,28H,5-6,9-10,13-14H2,1-4H3,(H,26,29)(H,27,30)/t15-,16+,18-,19-,20+,21-,24-/m0/s1. The van der Waals surface area contributed by atoms with Crippen molar-refractivity contribution in [2.45, 2.75) is 58.6 Å². The predicted molar refractivity (Wildman–Crippen MR) is 118 cm³/mol.